The Bertz CT molecular complexity index is 795. The molecule has 142 valence electrons. The average Bonchev–Trinajstić information content (AvgIpc) is 3.00. The van der Waals surface area contributed by atoms with Crippen molar-refractivity contribution < 1.29 is 24.5 Å². The standard InChI is InChI=1S/C20H21NO5S/c22-10-9-21(18(12-27)19(23)24)20(25)26-11-17-15-7-3-1-5-13(15)14-6-2-4-8-16(14)17/h1-8,17-18,22,27H,9-12H2,(H,23,24)/t18-/m0/s1. The van der Waals surface area contributed by atoms with E-state index in [1.807, 2.05) is 48.5 Å². The van der Waals surface area contributed by atoms with E-state index in [-0.39, 0.29) is 31.4 Å². The number of aliphatic carboxylic acids is 1. The molecule has 0 aliphatic heterocycles. The zero-order valence-corrected chi connectivity index (χ0v) is 15.5. The van der Waals surface area contributed by atoms with Crippen molar-refractivity contribution in [2.75, 3.05) is 25.5 Å². The van der Waals surface area contributed by atoms with Crippen LogP contribution in [0.5, 0.6) is 0 Å². The van der Waals surface area contributed by atoms with Crippen LogP contribution in [0.25, 0.3) is 11.1 Å². The average molecular weight is 387 g/mol. The van der Waals surface area contributed by atoms with Gasteiger partial charge in [-0.05, 0) is 22.3 Å². The summed E-state index contributed by atoms with van der Waals surface area (Å²) in [6, 6.07) is 14.8. The quantitative estimate of drug-likeness (QED) is 0.636. The second kappa shape index (κ2) is 8.45. The van der Waals surface area contributed by atoms with Crippen molar-refractivity contribution in [3.8, 4) is 11.1 Å². The molecule has 0 saturated carbocycles. The Morgan fingerprint density at radius 3 is 2.11 bits per heavy atom. The van der Waals surface area contributed by atoms with Gasteiger partial charge in [-0.2, -0.15) is 12.6 Å². The number of aliphatic hydroxyl groups excluding tert-OH is 1. The minimum atomic E-state index is -1.19. The number of thiol groups is 1. The van der Waals surface area contributed by atoms with E-state index in [9.17, 15) is 19.8 Å². The van der Waals surface area contributed by atoms with Gasteiger partial charge >= 0.3 is 12.1 Å². The molecule has 0 bridgehead atoms. The third-order valence-electron chi connectivity index (χ3n) is 4.75. The maximum Gasteiger partial charge on any atom is 0.410 e. The maximum atomic E-state index is 12.5. The number of ether oxygens (including phenoxy) is 1. The van der Waals surface area contributed by atoms with Gasteiger partial charge in [0.15, 0.2) is 0 Å². The lowest BCUT2D eigenvalue weighted by molar-refractivity contribution is -0.142. The van der Waals surface area contributed by atoms with Gasteiger partial charge in [-0.1, -0.05) is 48.5 Å². The molecule has 0 fully saturated rings. The molecule has 2 aromatic carbocycles. The topological polar surface area (TPSA) is 87.1 Å². The van der Waals surface area contributed by atoms with Crippen LogP contribution < -0.4 is 0 Å². The number of aliphatic hydroxyl groups is 1. The summed E-state index contributed by atoms with van der Waals surface area (Å²) in [5.41, 5.74) is 4.37. The number of benzene rings is 2. The number of carboxylic acid groups (broad SMARTS) is 1. The molecule has 0 heterocycles. The van der Waals surface area contributed by atoms with Crippen LogP contribution in [0.4, 0.5) is 4.79 Å². The number of nitrogens with zero attached hydrogens (tertiary/aromatic N) is 1. The molecule has 0 spiro atoms. The number of carboxylic acids is 1. The summed E-state index contributed by atoms with van der Waals surface area (Å²) in [5, 5.41) is 18.5. The molecule has 2 aromatic rings. The molecule has 0 unspecified atom stereocenters. The SMILES string of the molecule is O=C(O)[C@H](CS)N(CCO)C(=O)OCC1c2ccccc2-c2ccccc21. The van der Waals surface area contributed by atoms with Gasteiger partial charge in [0, 0.05) is 18.2 Å². The molecule has 2 N–H and O–H groups in total. The van der Waals surface area contributed by atoms with Crippen LogP contribution in [-0.4, -0.2) is 58.7 Å². The second-order valence-electron chi connectivity index (χ2n) is 6.26. The number of carbonyl (C=O) groups excluding carboxylic acids is 1. The highest BCUT2D eigenvalue weighted by Gasteiger charge is 2.32. The summed E-state index contributed by atoms with van der Waals surface area (Å²) in [7, 11) is 0. The highest BCUT2D eigenvalue weighted by atomic mass is 32.1. The third-order valence-corrected chi connectivity index (χ3v) is 5.09. The molecule has 27 heavy (non-hydrogen) atoms. The van der Waals surface area contributed by atoms with E-state index in [1.54, 1.807) is 0 Å². The van der Waals surface area contributed by atoms with Crippen LogP contribution in [-0.2, 0) is 9.53 Å². The first-order chi connectivity index (χ1) is 13.1. The van der Waals surface area contributed by atoms with Gasteiger partial charge in [0.1, 0.15) is 12.6 Å². The summed E-state index contributed by atoms with van der Waals surface area (Å²) in [4.78, 5) is 24.9. The summed E-state index contributed by atoms with van der Waals surface area (Å²) in [6.45, 7) is -0.399. The van der Waals surface area contributed by atoms with E-state index >= 15 is 0 Å². The number of rotatable bonds is 7. The minimum absolute atomic E-state index is 0.0699. The normalized spacial score (nSPS) is 13.6. The van der Waals surface area contributed by atoms with Crippen molar-refractivity contribution in [3.63, 3.8) is 0 Å². The smallest absolute Gasteiger partial charge is 0.410 e. The van der Waals surface area contributed by atoms with E-state index < -0.39 is 18.1 Å². The number of carbonyl (C=O) groups is 2. The number of hydrogen-bond donors (Lipinski definition) is 3. The molecule has 1 amide bonds. The largest absolute Gasteiger partial charge is 0.480 e. The van der Waals surface area contributed by atoms with E-state index in [1.165, 1.54) is 0 Å². The summed E-state index contributed by atoms with van der Waals surface area (Å²) in [6.07, 6.45) is -0.771. The van der Waals surface area contributed by atoms with Crippen molar-refractivity contribution in [2.45, 2.75) is 12.0 Å². The molecular weight excluding hydrogens is 366 g/mol. The van der Waals surface area contributed by atoms with Gasteiger partial charge < -0.3 is 14.9 Å². The van der Waals surface area contributed by atoms with E-state index in [4.69, 9.17) is 4.74 Å². The number of amides is 1. The van der Waals surface area contributed by atoms with E-state index in [0.717, 1.165) is 27.2 Å². The molecule has 1 aliphatic carbocycles. The highest BCUT2D eigenvalue weighted by molar-refractivity contribution is 7.80. The molecule has 1 atom stereocenters. The molecule has 0 saturated heterocycles. The maximum absolute atomic E-state index is 12.5. The first-order valence-corrected chi connectivity index (χ1v) is 9.27. The number of hydrogen-bond acceptors (Lipinski definition) is 5. The van der Waals surface area contributed by atoms with Gasteiger partial charge in [0.05, 0.1) is 6.61 Å². The Hall–Kier alpha value is -2.51. The molecule has 0 aromatic heterocycles. The Balaban J connectivity index is 1.79. The predicted octanol–water partition coefficient (Wildman–Crippen LogP) is 2.61. The van der Waals surface area contributed by atoms with Gasteiger partial charge in [0.2, 0.25) is 0 Å². The van der Waals surface area contributed by atoms with Crippen molar-refractivity contribution in [1.82, 2.24) is 4.90 Å². The van der Waals surface area contributed by atoms with Crippen LogP contribution in [0.1, 0.15) is 17.0 Å². The fourth-order valence-corrected chi connectivity index (χ4v) is 3.82. The highest BCUT2D eigenvalue weighted by Crippen LogP contribution is 2.44. The number of fused-ring (bicyclic) bond motifs is 3. The first-order valence-electron chi connectivity index (χ1n) is 8.64. The monoisotopic (exact) mass is 387 g/mol. The van der Waals surface area contributed by atoms with Gasteiger partial charge in [0.25, 0.3) is 0 Å². The molecule has 3 rings (SSSR count). The van der Waals surface area contributed by atoms with E-state index in [0.29, 0.717) is 0 Å². The van der Waals surface area contributed by atoms with Crippen molar-refractivity contribution in [1.29, 1.82) is 0 Å². The van der Waals surface area contributed by atoms with Crippen molar-refractivity contribution >= 4 is 24.7 Å². The fourth-order valence-electron chi connectivity index (χ4n) is 3.47. The third kappa shape index (κ3) is 3.79. The van der Waals surface area contributed by atoms with Crippen molar-refractivity contribution in [2.24, 2.45) is 0 Å². The van der Waals surface area contributed by atoms with Gasteiger partial charge in [-0.15, -0.1) is 0 Å². The molecule has 0 radical (unpaired) electrons. The Kier molecular flexibility index (Phi) is 6.03. The molecule has 6 nitrogen and oxygen atoms in total. The molecule has 7 heteroatoms. The predicted molar refractivity (Wildman–Crippen MR) is 104 cm³/mol. The van der Waals surface area contributed by atoms with Crippen LogP contribution >= 0.6 is 12.6 Å². The first kappa shape index (κ1) is 19.3. The zero-order chi connectivity index (χ0) is 19.4. The van der Waals surface area contributed by atoms with Crippen LogP contribution in [0.3, 0.4) is 0 Å². The van der Waals surface area contributed by atoms with Crippen LogP contribution in [0.2, 0.25) is 0 Å². The van der Waals surface area contributed by atoms with E-state index in [2.05, 4.69) is 12.6 Å². The van der Waals surface area contributed by atoms with Crippen LogP contribution in [0, 0.1) is 0 Å². The van der Waals surface area contributed by atoms with Crippen LogP contribution in [0.15, 0.2) is 48.5 Å². The summed E-state index contributed by atoms with van der Waals surface area (Å²) >= 11 is 4.00. The Labute approximate surface area is 162 Å². The Morgan fingerprint density at radius 2 is 1.63 bits per heavy atom. The molecule has 1 aliphatic rings. The second-order valence-corrected chi connectivity index (χ2v) is 6.62. The summed E-state index contributed by atoms with van der Waals surface area (Å²) < 4.78 is 5.47. The Morgan fingerprint density at radius 1 is 1.07 bits per heavy atom. The van der Waals surface area contributed by atoms with Gasteiger partial charge in [-0.25, -0.2) is 9.59 Å². The molecular formula is C20H21NO5S. The minimum Gasteiger partial charge on any atom is -0.480 e. The van der Waals surface area contributed by atoms with Gasteiger partial charge in [-0.3, -0.25) is 4.90 Å². The summed E-state index contributed by atoms with van der Waals surface area (Å²) in [5.74, 6) is -1.37. The fraction of sp³-hybridized carbons (Fsp3) is 0.300. The lowest BCUT2D eigenvalue weighted by atomic mass is 9.98. The lowest BCUT2D eigenvalue weighted by Crippen LogP contribution is -2.48. The lowest BCUT2D eigenvalue weighted by Gasteiger charge is -2.27. The van der Waals surface area contributed by atoms with Crippen molar-refractivity contribution in [3.05, 3.63) is 59.7 Å². The zero-order valence-electron chi connectivity index (χ0n) is 14.6.